The number of hydrogen-bond donors (Lipinski definition) is 1. The number of halogens is 2. The molecule has 3 aromatic rings. The third-order valence-corrected chi connectivity index (χ3v) is 7.48. The van der Waals surface area contributed by atoms with E-state index in [0.717, 1.165) is 9.21 Å². The molecule has 0 aliphatic heterocycles. The highest BCUT2D eigenvalue weighted by Crippen LogP contribution is 2.25. The highest BCUT2D eigenvalue weighted by atomic mass is 35.5. The summed E-state index contributed by atoms with van der Waals surface area (Å²) in [6.07, 6.45) is 0. The number of para-hydroxylation sites is 1. The van der Waals surface area contributed by atoms with E-state index in [1.54, 1.807) is 36.4 Å². The fourth-order valence-corrected chi connectivity index (χ4v) is 5.00. The van der Waals surface area contributed by atoms with E-state index in [2.05, 4.69) is 5.32 Å². The van der Waals surface area contributed by atoms with E-state index in [4.69, 9.17) is 11.6 Å². The van der Waals surface area contributed by atoms with Crippen LogP contribution in [0.15, 0.2) is 83.8 Å². The normalized spacial score (nSPS) is 12.0. The van der Waals surface area contributed by atoms with Crippen LogP contribution in [0.25, 0.3) is 0 Å². The molecule has 2 amide bonds. The van der Waals surface area contributed by atoms with Crippen LogP contribution < -0.4 is 9.62 Å². The molecule has 0 fully saturated rings. The standard InChI is InChI=1S/C25H25ClFN3O4S/c1-18(25(32)28-2)29(16-19-8-6-7-11-23(19)27)24(31)17-30(21-9-4-3-5-10-21)35(33,34)22-14-12-20(26)13-15-22/h3-15,18H,16-17H2,1-2H3,(H,28,32). The number of nitrogens with one attached hydrogen (secondary N) is 1. The minimum atomic E-state index is -4.18. The predicted octanol–water partition coefficient (Wildman–Crippen LogP) is 3.84. The van der Waals surface area contributed by atoms with Crippen molar-refractivity contribution in [1.29, 1.82) is 0 Å². The first-order chi connectivity index (χ1) is 16.6. The van der Waals surface area contributed by atoms with Crippen molar-refractivity contribution in [2.75, 3.05) is 17.9 Å². The molecule has 0 saturated heterocycles. The molecule has 0 saturated carbocycles. The maximum absolute atomic E-state index is 14.4. The van der Waals surface area contributed by atoms with E-state index in [0.29, 0.717) is 5.02 Å². The molecule has 1 atom stereocenters. The maximum atomic E-state index is 14.4. The Morgan fingerprint density at radius 3 is 2.17 bits per heavy atom. The Kier molecular flexibility index (Phi) is 8.48. The fraction of sp³-hybridized carbons (Fsp3) is 0.200. The lowest BCUT2D eigenvalue weighted by atomic mass is 10.1. The Balaban J connectivity index is 2.01. The monoisotopic (exact) mass is 517 g/mol. The van der Waals surface area contributed by atoms with Gasteiger partial charge in [-0.25, -0.2) is 12.8 Å². The van der Waals surface area contributed by atoms with Crippen LogP contribution in [0.5, 0.6) is 0 Å². The molecule has 1 N–H and O–H groups in total. The number of nitrogens with zero attached hydrogens (tertiary/aromatic N) is 2. The van der Waals surface area contributed by atoms with Gasteiger partial charge in [0.1, 0.15) is 18.4 Å². The molecule has 0 aliphatic carbocycles. The Labute approximate surface area is 209 Å². The smallest absolute Gasteiger partial charge is 0.264 e. The van der Waals surface area contributed by atoms with Gasteiger partial charge in [-0.3, -0.25) is 13.9 Å². The van der Waals surface area contributed by atoms with Crippen LogP contribution in [0, 0.1) is 5.82 Å². The Bertz CT molecular complexity index is 1290. The number of rotatable bonds is 9. The summed E-state index contributed by atoms with van der Waals surface area (Å²) in [6, 6.07) is 18.6. The van der Waals surface area contributed by atoms with E-state index in [9.17, 15) is 22.4 Å². The minimum absolute atomic E-state index is 0.0569. The Morgan fingerprint density at radius 2 is 1.57 bits per heavy atom. The van der Waals surface area contributed by atoms with Crippen molar-refractivity contribution in [1.82, 2.24) is 10.2 Å². The quantitative estimate of drug-likeness (QED) is 0.467. The Hall–Kier alpha value is -3.43. The second kappa shape index (κ2) is 11.3. The second-order valence-electron chi connectivity index (χ2n) is 7.70. The number of likely N-dealkylation sites (N-methyl/N-ethyl adjacent to an activating group) is 1. The average molecular weight is 518 g/mol. The minimum Gasteiger partial charge on any atom is -0.357 e. The largest absolute Gasteiger partial charge is 0.357 e. The van der Waals surface area contributed by atoms with Crippen LogP contribution in [0.1, 0.15) is 12.5 Å². The molecule has 0 bridgehead atoms. The van der Waals surface area contributed by atoms with Gasteiger partial charge in [-0.05, 0) is 49.4 Å². The van der Waals surface area contributed by atoms with E-state index in [1.165, 1.54) is 56.4 Å². The van der Waals surface area contributed by atoms with Crippen molar-refractivity contribution < 1.29 is 22.4 Å². The van der Waals surface area contributed by atoms with Gasteiger partial charge < -0.3 is 10.2 Å². The highest BCUT2D eigenvalue weighted by Gasteiger charge is 2.32. The summed E-state index contributed by atoms with van der Waals surface area (Å²) in [6.45, 7) is 0.673. The van der Waals surface area contributed by atoms with Gasteiger partial charge in [0.25, 0.3) is 10.0 Å². The molecule has 0 aromatic heterocycles. The number of carbonyl (C=O) groups excluding carboxylic acids is 2. The molecule has 3 rings (SSSR count). The van der Waals surface area contributed by atoms with Gasteiger partial charge in [-0.2, -0.15) is 0 Å². The number of carbonyl (C=O) groups is 2. The first kappa shape index (κ1) is 26.2. The highest BCUT2D eigenvalue weighted by molar-refractivity contribution is 7.92. The third kappa shape index (κ3) is 6.17. The van der Waals surface area contributed by atoms with Crippen LogP contribution in [-0.2, 0) is 26.2 Å². The van der Waals surface area contributed by atoms with Crippen molar-refractivity contribution >= 4 is 39.1 Å². The third-order valence-electron chi connectivity index (χ3n) is 5.44. The van der Waals surface area contributed by atoms with Gasteiger partial charge in [-0.15, -0.1) is 0 Å². The van der Waals surface area contributed by atoms with Gasteiger partial charge in [0.05, 0.1) is 10.6 Å². The zero-order chi connectivity index (χ0) is 25.6. The molecule has 1 unspecified atom stereocenters. The molecule has 10 heteroatoms. The molecular formula is C25H25ClFN3O4S. The summed E-state index contributed by atoms with van der Waals surface area (Å²) in [7, 11) is -2.76. The first-order valence-corrected chi connectivity index (χ1v) is 12.5. The van der Waals surface area contributed by atoms with E-state index < -0.39 is 40.2 Å². The maximum Gasteiger partial charge on any atom is 0.264 e. The number of amides is 2. The molecule has 35 heavy (non-hydrogen) atoms. The van der Waals surface area contributed by atoms with Crippen molar-refractivity contribution in [3.63, 3.8) is 0 Å². The van der Waals surface area contributed by atoms with Crippen LogP contribution >= 0.6 is 11.6 Å². The fourth-order valence-electron chi connectivity index (χ4n) is 3.46. The molecular weight excluding hydrogens is 493 g/mol. The zero-order valence-corrected chi connectivity index (χ0v) is 20.8. The number of anilines is 1. The molecule has 0 heterocycles. The van der Waals surface area contributed by atoms with Gasteiger partial charge in [0, 0.05) is 24.2 Å². The predicted molar refractivity (Wildman–Crippen MR) is 133 cm³/mol. The molecule has 7 nitrogen and oxygen atoms in total. The van der Waals surface area contributed by atoms with Crippen molar-refractivity contribution in [2.45, 2.75) is 24.4 Å². The summed E-state index contributed by atoms with van der Waals surface area (Å²) in [5.41, 5.74) is 0.456. The summed E-state index contributed by atoms with van der Waals surface area (Å²) in [5, 5.41) is 2.84. The molecule has 0 aliphatic rings. The summed E-state index contributed by atoms with van der Waals surface area (Å²) in [4.78, 5) is 27.0. The van der Waals surface area contributed by atoms with Crippen molar-refractivity contribution in [3.05, 3.63) is 95.3 Å². The molecule has 0 spiro atoms. The summed E-state index contributed by atoms with van der Waals surface area (Å²) >= 11 is 5.91. The lowest BCUT2D eigenvalue weighted by Gasteiger charge is -2.31. The van der Waals surface area contributed by atoms with Crippen LogP contribution in [0.2, 0.25) is 5.02 Å². The van der Waals surface area contributed by atoms with Crippen LogP contribution in [0.4, 0.5) is 10.1 Å². The molecule has 184 valence electrons. The lowest BCUT2D eigenvalue weighted by Crippen LogP contribution is -2.50. The van der Waals surface area contributed by atoms with Gasteiger partial charge in [0.15, 0.2) is 0 Å². The first-order valence-electron chi connectivity index (χ1n) is 10.7. The van der Waals surface area contributed by atoms with E-state index >= 15 is 0 Å². The van der Waals surface area contributed by atoms with E-state index in [1.807, 2.05) is 0 Å². The van der Waals surface area contributed by atoms with Crippen molar-refractivity contribution in [2.24, 2.45) is 0 Å². The van der Waals surface area contributed by atoms with Crippen LogP contribution in [0.3, 0.4) is 0 Å². The lowest BCUT2D eigenvalue weighted by molar-refractivity contribution is -0.139. The topological polar surface area (TPSA) is 86.8 Å². The number of benzene rings is 3. The van der Waals surface area contributed by atoms with Gasteiger partial charge >= 0.3 is 0 Å². The molecule has 3 aromatic carbocycles. The van der Waals surface area contributed by atoms with E-state index in [-0.39, 0.29) is 22.7 Å². The van der Waals surface area contributed by atoms with Crippen LogP contribution in [-0.4, -0.2) is 44.8 Å². The second-order valence-corrected chi connectivity index (χ2v) is 10.0. The molecule has 0 radical (unpaired) electrons. The SMILES string of the molecule is CNC(=O)C(C)N(Cc1ccccc1F)C(=O)CN(c1ccccc1)S(=O)(=O)c1ccc(Cl)cc1. The average Bonchev–Trinajstić information content (AvgIpc) is 2.86. The Morgan fingerprint density at radius 1 is 0.971 bits per heavy atom. The van der Waals surface area contributed by atoms with Gasteiger partial charge in [-0.1, -0.05) is 48.0 Å². The summed E-state index contributed by atoms with van der Waals surface area (Å²) < 4.78 is 42.4. The number of sulfonamides is 1. The van der Waals surface area contributed by atoms with Gasteiger partial charge in [0.2, 0.25) is 11.8 Å². The zero-order valence-electron chi connectivity index (χ0n) is 19.2. The summed E-state index contributed by atoms with van der Waals surface area (Å²) in [5.74, 6) is -1.68. The van der Waals surface area contributed by atoms with Crippen molar-refractivity contribution in [3.8, 4) is 0 Å². The number of hydrogen-bond acceptors (Lipinski definition) is 4.